The van der Waals surface area contributed by atoms with Gasteiger partial charge in [0, 0.05) is 21.5 Å². The highest BCUT2D eigenvalue weighted by molar-refractivity contribution is 14.1. The van der Waals surface area contributed by atoms with E-state index >= 15 is 0 Å². The number of hydrazine groups is 1. The van der Waals surface area contributed by atoms with Crippen LogP contribution in [-0.2, 0) is 13.5 Å². The van der Waals surface area contributed by atoms with Crippen molar-refractivity contribution < 1.29 is 0 Å². The number of nitrogens with zero attached hydrogens (tertiary/aromatic N) is 2. The summed E-state index contributed by atoms with van der Waals surface area (Å²) in [5.74, 6) is 5.76. The molecule has 108 valence electrons. The van der Waals surface area contributed by atoms with Gasteiger partial charge in [-0.15, -0.1) is 0 Å². The number of hydrogen-bond acceptors (Lipinski definition) is 3. The fraction of sp³-hybridized carbons (Fsp3) is 0.308. The molecule has 0 radical (unpaired) electrons. The summed E-state index contributed by atoms with van der Waals surface area (Å²) in [5.41, 5.74) is 6.15. The van der Waals surface area contributed by atoms with Crippen molar-refractivity contribution in [2.75, 3.05) is 0 Å². The highest BCUT2D eigenvalue weighted by Gasteiger charge is 2.19. The lowest BCUT2D eigenvalue weighted by molar-refractivity contribution is 0.527. The average molecular weight is 514 g/mol. The number of hydrogen-bond donors (Lipinski definition) is 2. The fourth-order valence-corrected chi connectivity index (χ4v) is 3.67. The molecule has 0 saturated carbocycles. The molecule has 0 fully saturated rings. The third-order valence-electron chi connectivity index (χ3n) is 3.19. The van der Waals surface area contributed by atoms with Crippen molar-refractivity contribution in [2.24, 2.45) is 12.9 Å². The molecule has 20 heavy (non-hydrogen) atoms. The van der Waals surface area contributed by atoms with Crippen molar-refractivity contribution in [1.29, 1.82) is 0 Å². The van der Waals surface area contributed by atoms with Crippen molar-refractivity contribution in [3.63, 3.8) is 0 Å². The van der Waals surface area contributed by atoms with Crippen LogP contribution in [0.15, 0.2) is 27.1 Å². The zero-order valence-electron chi connectivity index (χ0n) is 11.1. The van der Waals surface area contributed by atoms with Gasteiger partial charge < -0.3 is 0 Å². The molecule has 1 atom stereocenters. The van der Waals surface area contributed by atoms with Crippen LogP contribution < -0.4 is 11.3 Å². The van der Waals surface area contributed by atoms with E-state index in [1.807, 2.05) is 24.7 Å². The molecule has 1 aromatic carbocycles. The van der Waals surface area contributed by atoms with E-state index in [0.717, 1.165) is 32.3 Å². The summed E-state index contributed by atoms with van der Waals surface area (Å²) in [5, 5.41) is 4.42. The van der Waals surface area contributed by atoms with Crippen molar-refractivity contribution in [3.8, 4) is 0 Å². The van der Waals surface area contributed by atoms with Crippen molar-refractivity contribution >= 4 is 54.5 Å². The zero-order chi connectivity index (χ0) is 14.9. The van der Waals surface area contributed by atoms with E-state index in [0.29, 0.717) is 0 Å². The number of rotatable bonds is 4. The topological polar surface area (TPSA) is 55.9 Å². The molecule has 0 aliphatic carbocycles. The SMILES string of the molecule is Cc1nn(C)c(CC(NN)c2cc(I)ccc2Br)c1Br. The summed E-state index contributed by atoms with van der Waals surface area (Å²) in [4.78, 5) is 0. The third kappa shape index (κ3) is 3.44. The van der Waals surface area contributed by atoms with Crippen molar-refractivity contribution in [1.82, 2.24) is 15.2 Å². The van der Waals surface area contributed by atoms with Crippen LogP contribution in [-0.4, -0.2) is 9.78 Å². The molecule has 7 heteroatoms. The van der Waals surface area contributed by atoms with Gasteiger partial charge in [-0.1, -0.05) is 15.9 Å². The van der Waals surface area contributed by atoms with Gasteiger partial charge in [0.05, 0.1) is 21.9 Å². The zero-order valence-corrected chi connectivity index (χ0v) is 16.5. The minimum atomic E-state index is 0.0187. The highest BCUT2D eigenvalue weighted by Crippen LogP contribution is 2.30. The summed E-state index contributed by atoms with van der Waals surface area (Å²) in [6, 6.07) is 6.26. The van der Waals surface area contributed by atoms with Crippen LogP contribution in [0.4, 0.5) is 0 Å². The third-order valence-corrected chi connectivity index (χ3v) is 5.62. The molecule has 2 rings (SSSR count). The Morgan fingerprint density at radius 3 is 2.70 bits per heavy atom. The Balaban J connectivity index is 2.36. The first kappa shape index (κ1) is 16.4. The van der Waals surface area contributed by atoms with Gasteiger partial charge in [-0.2, -0.15) is 5.10 Å². The number of nitrogens with two attached hydrogens (primary N) is 1. The molecular formula is C13H15Br2IN4. The smallest absolute Gasteiger partial charge is 0.0738 e. The molecular weight excluding hydrogens is 499 g/mol. The minimum Gasteiger partial charge on any atom is -0.271 e. The molecule has 4 nitrogen and oxygen atoms in total. The van der Waals surface area contributed by atoms with Crippen molar-refractivity contribution in [3.05, 3.63) is 47.7 Å². The summed E-state index contributed by atoms with van der Waals surface area (Å²) >= 11 is 9.50. The Bertz CT molecular complexity index is 627. The van der Waals surface area contributed by atoms with Gasteiger partial charge in [-0.25, -0.2) is 0 Å². The summed E-state index contributed by atoms with van der Waals surface area (Å²) in [6.45, 7) is 1.99. The monoisotopic (exact) mass is 512 g/mol. The number of nitrogens with one attached hydrogen (secondary N) is 1. The second kappa shape index (κ2) is 6.87. The molecule has 0 amide bonds. The molecule has 1 heterocycles. The number of aromatic nitrogens is 2. The van der Waals surface area contributed by atoms with Gasteiger partial charge in [0.1, 0.15) is 0 Å². The Morgan fingerprint density at radius 2 is 2.15 bits per heavy atom. The molecule has 0 bridgehead atoms. The summed E-state index contributed by atoms with van der Waals surface area (Å²) in [7, 11) is 1.95. The highest BCUT2D eigenvalue weighted by atomic mass is 127. The maximum absolute atomic E-state index is 5.76. The Labute approximate surface area is 148 Å². The lowest BCUT2D eigenvalue weighted by atomic mass is 10.0. The number of benzene rings is 1. The van der Waals surface area contributed by atoms with Crippen LogP contribution in [0.1, 0.15) is 23.0 Å². The second-order valence-electron chi connectivity index (χ2n) is 4.56. The second-order valence-corrected chi connectivity index (χ2v) is 7.45. The molecule has 2 aromatic rings. The molecule has 0 spiro atoms. The first-order valence-corrected chi connectivity index (χ1v) is 8.69. The van der Waals surface area contributed by atoms with Gasteiger partial charge >= 0.3 is 0 Å². The van der Waals surface area contributed by atoms with Gasteiger partial charge in [0.2, 0.25) is 0 Å². The van der Waals surface area contributed by atoms with Crippen LogP contribution in [0, 0.1) is 10.5 Å². The normalized spacial score (nSPS) is 12.7. The van der Waals surface area contributed by atoms with E-state index in [1.54, 1.807) is 0 Å². The molecule has 0 aliphatic heterocycles. The maximum atomic E-state index is 5.76. The van der Waals surface area contributed by atoms with Crippen LogP contribution >= 0.6 is 54.5 Å². The predicted molar refractivity (Wildman–Crippen MR) is 96.3 cm³/mol. The van der Waals surface area contributed by atoms with Gasteiger partial charge in [0.15, 0.2) is 0 Å². The first-order chi connectivity index (χ1) is 9.43. The molecule has 0 saturated heterocycles. The van der Waals surface area contributed by atoms with Gasteiger partial charge in [0.25, 0.3) is 0 Å². The van der Waals surface area contributed by atoms with Crippen LogP contribution in [0.5, 0.6) is 0 Å². The molecule has 1 aromatic heterocycles. The van der Waals surface area contributed by atoms with E-state index in [9.17, 15) is 0 Å². The quantitative estimate of drug-likeness (QED) is 0.373. The Kier molecular flexibility index (Phi) is 5.63. The molecule has 1 unspecified atom stereocenters. The van der Waals surface area contributed by atoms with E-state index in [-0.39, 0.29) is 6.04 Å². The number of halogens is 3. The lowest BCUT2D eigenvalue weighted by Gasteiger charge is -2.18. The van der Waals surface area contributed by atoms with Gasteiger partial charge in [-0.3, -0.25) is 16.0 Å². The lowest BCUT2D eigenvalue weighted by Crippen LogP contribution is -2.30. The van der Waals surface area contributed by atoms with E-state index in [2.05, 4.69) is 77.1 Å². The largest absolute Gasteiger partial charge is 0.271 e. The molecule has 0 aliphatic rings. The van der Waals surface area contributed by atoms with E-state index < -0.39 is 0 Å². The number of aryl methyl sites for hydroxylation is 2. The first-order valence-electron chi connectivity index (χ1n) is 6.03. The average Bonchev–Trinajstić information content (AvgIpc) is 2.65. The van der Waals surface area contributed by atoms with Crippen LogP contribution in [0.3, 0.4) is 0 Å². The summed E-state index contributed by atoms with van der Waals surface area (Å²) < 4.78 is 5.17. The van der Waals surface area contributed by atoms with Crippen LogP contribution in [0.25, 0.3) is 0 Å². The van der Waals surface area contributed by atoms with E-state index in [4.69, 9.17) is 5.84 Å². The Morgan fingerprint density at radius 1 is 1.45 bits per heavy atom. The predicted octanol–water partition coefficient (Wildman–Crippen LogP) is 3.61. The maximum Gasteiger partial charge on any atom is 0.0738 e. The van der Waals surface area contributed by atoms with Crippen molar-refractivity contribution in [2.45, 2.75) is 19.4 Å². The van der Waals surface area contributed by atoms with Gasteiger partial charge in [-0.05, 0) is 69.2 Å². The molecule has 3 N–H and O–H groups in total. The minimum absolute atomic E-state index is 0.0187. The summed E-state index contributed by atoms with van der Waals surface area (Å²) in [6.07, 6.45) is 0.757. The van der Waals surface area contributed by atoms with Crippen LogP contribution in [0.2, 0.25) is 0 Å². The standard InChI is InChI=1S/C13H15Br2IN4/c1-7-13(15)12(20(2)19-7)6-11(18-17)9-5-8(16)3-4-10(9)14/h3-5,11,18H,6,17H2,1-2H3. The Hall–Kier alpha value is 0.0400. The fourth-order valence-electron chi connectivity index (χ4n) is 2.14. The van der Waals surface area contributed by atoms with E-state index in [1.165, 1.54) is 3.57 Å².